The average Bonchev–Trinajstić information content (AvgIpc) is 2.42. The highest BCUT2D eigenvalue weighted by molar-refractivity contribution is 7.90. The van der Waals surface area contributed by atoms with Gasteiger partial charge in [-0.1, -0.05) is 19.3 Å². The minimum Gasteiger partial charge on any atom is -0.306 e. The molecule has 1 N–H and O–H groups in total. The minimum atomic E-state index is -3.36. The number of rotatable bonds is 3. The van der Waals surface area contributed by atoms with Crippen molar-refractivity contribution < 1.29 is 8.42 Å². The molecule has 1 saturated heterocycles. The molecule has 0 aromatic rings. The van der Waals surface area contributed by atoms with Crippen molar-refractivity contribution in [3.8, 4) is 6.07 Å². The van der Waals surface area contributed by atoms with E-state index in [1.165, 1.54) is 0 Å². The molecule has 0 unspecified atom stereocenters. The first-order valence-corrected chi connectivity index (χ1v) is 8.65. The molecular formula is C13H23N3O2S. The van der Waals surface area contributed by atoms with Gasteiger partial charge in [-0.15, -0.1) is 0 Å². The summed E-state index contributed by atoms with van der Waals surface area (Å²) in [6.45, 7) is 1.53. The lowest BCUT2D eigenvalue weighted by Gasteiger charge is -2.37. The fourth-order valence-electron chi connectivity index (χ4n) is 2.97. The van der Waals surface area contributed by atoms with E-state index >= 15 is 0 Å². The first kappa shape index (κ1) is 14.8. The molecule has 1 saturated carbocycles. The lowest BCUT2D eigenvalue weighted by atomic mass is 9.91. The summed E-state index contributed by atoms with van der Waals surface area (Å²) in [5, 5.41) is 9.09. The molecular weight excluding hydrogens is 262 g/mol. The van der Waals surface area contributed by atoms with Crippen molar-refractivity contribution in [2.24, 2.45) is 0 Å². The van der Waals surface area contributed by atoms with Crippen molar-refractivity contribution in [3.63, 3.8) is 0 Å². The van der Waals surface area contributed by atoms with Crippen LogP contribution in [-0.4, -0.2) is 44.2 Å². The van der Waals surface area contributed by atoms with Crippen molar-refractivity contribution >= 4 is 10.0 Å². The smallest absolute Gasteiger partial charge is 0.215 e. The van der Waals surface area contributed by atoms with E-state index in [0.717, 1.165) is 45.2 Å². The van der Waals surface area contributed by atoms with Crippen LogP contribution < -0.4 is 4.72 Å². The SMILES string of the molecule is CN1CCC(C#N)(NS(=O)(=O)C2CCCCC2)CC1. The lowest BCUT2D eigenvalue weighted by molar-refractivity contribution is 0.212. The third-order valence-electron chi connectivity index (χ3n) is 4.38. The molecule has 0 aromatic heterocycles. The molecule has 0 bridgehead atoms. The highest BCUT2D eigenvalue weighted by atomic mass is 32.2. The highest BCUT2D eigenvalue weighted by Crippen LogP contribution is 2.27. The fourth-order valence-corrected chi connectivity index (χ4v) is 4.88. The van der Waals surface area contributed by atoms with Crippen molar-refractivity contribution in [1.29, 1.82) is 5.26 Å². The van der Waals surface area contributed by atoms with Crippen LogP contribution in [0.5, 0.6) is 0 Å². The Labute approximate surface area is 116 Å². The molecule has 108 valence electrons. The van der Waals surface area contributed by atoms with Crippen LogP contribution in [0.15, 0.2) is 0 Å². The molecule has 1 aliphatic heterocycles. The summed E-state index contributed by atoms with van der Waals surface area (Å²) >= 11 is 0. The van der Waals surface area contributed by atoms with Crippen molar-refractivity contribution in [3.05, 3.63) is 0 Å². The molecule has 2 rings (SSSR count). The Bertz CT molecular complexity index is 441. The third-order valence-corrected chi connectivity index (χ3v) is 6.41. The summed E-state index contributed by atoms with van der Waals surface area (Å²) in [5.41, 5.74) is -0.886. The average molecular weight is 285 g/mol. The monoisotopic (exact) mass is 285 g/mol. The number of nitrogens with one attached hydrogen (secondary N) is 1. The molecule has 0 radical (unpaired) electrons. The Balaban J connectivity index is 2.07. The Morgan fingerprint density at radius 3 is 2.32 bits per heavy atom. The normalized spacial score (nSPS) is 25.9. The molecule has 1 aliphatic carbocycles. The standard InChI is InChI=1S/C13H23N3O2S/c1-16-9-7-13(11-14,8-10-16)15-19(17,18)12-5-3-2-4-6-12/h12,15H,2-10H2,1H3. The Kier molecular flexibility index (Phi) is 4.49. The largest absolute Gasteiger partial charge is 0.306 e. The van der Waals surface area contributed by atoms with Crippen molar-refractivity contribution in [2.75, 3.05) is 20.1 Å². The second kappa shape index (κ2) is 5.78. The van der Waals surface area contributed by atoms with E-state index in [0.29, 0.717) is 12.8 Å². The van der Waals surface area contributed by atoms with Gasteiger partial charge in [0, 0.05) is 13.1 Å². The quantitative estimate of drug-likeness (QED) is 0.846. The zero-order valence-electron chi connectivity index (χ0n) is 11.6. The second-order valence-electron chi connectivity index (χ2n) is 5.90. The van der Waals surface area contributed by atoms with E-state index in [-0.39, 0.29) is 5.25 Å². The zero-order valence-corrected chi connectivity index (χ0v) is 12.4. The number of piperidine rings is 1. The van der Waals surface area contributed by atoms with Gasteiger partial charge >= 0.3 is 0 Å². The summed E-state index contributed by atoms with van der Waals surface area (Å²) in [6, 6.07) is 2.22. The number of nitrogens with zero attached hydrogens (tertiary/aromatic N) is 2. The van der Waals surface area contributed by atoms with Crippen LogP contribution in [0.3, 0.4) is 0 Å². The summed E-state index contributed by atoms with van der Waals surface area (Å²) < 4.78 is 27.6. The molecule has 0 amide bonds. The molecule has 5 nitrogen and oxygen atoms in total. The first-order chi connectivity index (χ1) is 8.97. The van der Waals surface area contributed by atoms with Crippen LogP contribution in [0.4, 0.5) is 0 Å². The van der Waals surface area contributed by atoms with Gasteiger partial charge in [-0.25, -0.2) is 8.42 Å². The Morgan fingerprint density at radius 1 is 1.21 bits per heavy atom. The van der Waals surface area contributed by atoms with Crippen LogP contribution in [0.2, 0.25) is 0 Å². The van der Waals surface area contributed by atoms with E-state index in [4.69, 9.17) is 0 Å². The maximum Gasteiger partial charge on any atom is 0.215 e. The van der Waals surface area contributed by atoms with Crippen LogP contribution in [0.1, 0.15) is 44.9 Å². The van der Waals surface area contributed by atoms with Gasteiger partial charge in [-0.05, 0) is 32.7 Å². The van der Waals surface area contributed by atoms with E-state index in [2.05, 4.69) is 15.7 Å². The zero-order chi connectivity index (χ0) is 13.9. The van der Waals surface area contributed by atoms with Crippen LogP contribution in [-0.2, 0) is 10.0 Å². The molecule has 0 spiro atoms. The first-order valence-electron chi connectivity index (χ1n) is 7.10. The van der Waals surface area contributed by atoms with E-state index in [1.807, 2.05) is 7.05 Å². The molecule has 1 heterocycles. The van der Waals surface area contributed by atoms with Crippen molar-refractivity contribution in [1.82, 2.24) is 9.62 Å². The van der Waals surface area contributed by atoms with E-state index in [1.54, 1.807) is 0 Å². The summed E-state index contributed by atoms with van der Waals surface area (Å²) in [5.74, 6) is 0. The predicted octanol–water partition coefficient (Wildman–Crippen LogP) is 1.23. The van der Waals surface area contributed by atoms with Gasteiger partial charge < -0.3 is 4.90 Å². The Hall–Kier alpha value is -0.640. The molecule has 2 fully saturated rings. The van der Waals surface area contributed by atoms with E-state index < -0.39 is 15.6 Å². The minimum absolute atomic E-state index is 0.300. The number of sulfonamides is 1. The molecule has 0 aromatic carbocycles. The second-order valence-corrected chi connectivity index (χ2v) is 7.87. The fraction of sp³-hybridized carbons (Fsp3) is 0.923. The lowest BCUT2D eigenvalue weighted by Crippen LogP contribution is -2.55. The van der Waals surface area contributed by atoms with Crippen LogP contribution in [0.25, 0.3) is 0 Å². The third kappa shape index (κ3) is 3.47. The van der Waals surface area contributed by atoms with Crippen LogP contribution >= 0.6 is 0 Å². The highest BCUT2D eigenvalue weighted by Gasteiger charge is 2.40. The van der Waals surface area contributed by atoms with Gasteiger partial charge in [-0.2, -0.15) is 9.98 Å². The van der Waals surface area contributed by atoms with Crippen molar-refractivity contribution in [2.45, 2.75) is 55.7 Å². The van der Waals surface area contributed by atoms with Gasteiger partial charge in [0.15, 0.2) is 0 Å². The summed E-state index contributed by atoms with van der Waals surface area (Å²) in [7, 11) is -1.37. The molecule has 19 heavy (non-hydrogen) atoms. The number of hydrogen-bond donors (Lipinski definition) is 1. The van der Waals surface area contributed by atoms with Gasteiger partial charge in [0.05, 0.1) is 11.3 Å². The topological polar surface area (TPSA) is 73.2 Å². The number of hydrogen-bond acceptors (Lipinski definition) is 4. The summed E-state index contributed by atoms with van der Waals surface area (Å²) in [6.07, 6.45) is 5.70. The molecule has 2 aliphatic rings. The van der Waals surface area contributed by atoms with Crippen LogP contribution in [0, 0.1) is 11.3 Å². The maximum atomic E-state index is 12.4. The molecule has 0 atom stereocenters. The van der Waals surface area contributed by atoms with Gasteiger partial charge in [0.25, 0.3) is 0 Å². The van der Waals surface area contributed by atoms with Gasteiger partial charge in [-0.3, -0.25) is 0 Å². The number of nitriles is 1. The molecule has 6 heteroatoms. The van der Waals surface area contributed by atoms with Gasteiger partial charge in [0.1, 0.15) is 5.54 Å². The number of likely N-dealkylation sites (tertiary alicyclic amines) is 1. The predicted molar refractivity (Wildman–Crippen MR) is 74.0 cm³/mol. The van der Waals surface area contributed by atoms with E-state index in [9.17, 15) is 13.7 Å². The maximum absolute atomic E-state index is 12.4. The van der Waals surface area contributed by atoms with Gasteiger partial charge in [0.2, 0.25) is 10.0 Å². The summed E-state index contributed by atoms with van der Waals surface area (Å²) in [4.78, 5) is 2.13. The Morgan fingerprint density at radius 2 is 1.79 bits per heavy atom.